The minimum atomic E-state index is 0.301. The van der Waals surface area contributed by atoms with E-state index in [0.717, 1.165) is 6.54 Å². The summed E-state index contributed by atoms with van der Waals surface area (Å²) >= 11 is 0. The minimum Gasteiger partial charge on any atom is -0.309 e. The zero-order valence-corrected chi connectivity index (χ0v) is 13.2. The Kier molecular flexibility index (Phi) is 5.47. The predicted octanol–water partition coefficient (Wildman–Crippen LogP) is 3.73. The van der Waals surface area contributed by atoms with E-state index < -0.39 is 0 Å². The highest BCUT2D eigenvalue weighted by atomic mass is 15.2. The SMILES string of the molecule is CCNC(C1=CCCCC1)C(C)(CC)N1CCCC1. The van der Waals surface area contributed by atoms with Gasteiger partial charge in [0.1, 0.15) is 0 Å². The average Bonchev–Trinajstić information content (AvgIpc) is 2.99. The second-order valence-corrected chi connectivity index (χ2v) is 6.42. The third-order valence-corrected chi connectivity index (χ3v) is 5.27. The van der Waals surface area contributed by atoms with Gasteiger partial charge in [-0.1, -0.05) is 25.5 Å². The molecule has 0 aromatic rings. The van der Waals surface area contributed by atoms with Gasteiger partial charge in [0.15, 0.2) is 0 Å². The molecule has 0 saturated carbocycles. The normalized spacial score (nSPS) is 25.9. The number of likely N-dealkylation sites (N-methyl/N-ethyl adjacent to an activating group) is 1. The minimum absolute atomic E-state index is 0.301. The van der Waals surface area contributed by atoms with Gasteiger partial charge in [0.05, 0.1) is 0 Å². The molecule has 1 saturated heterocycles. The van der Waals surface area contributed by atoms with E-state index in [1.807, 2.05) is 0 Å². The third-order valence-electron chi connectivity index (χ3n) is 5.27. The Morgan fingerprint density at radius 1 is 1.21 bits per heavy atom. The van der Waals surface area contributed by atoms with E-state index in [1.54, 1.807) is 5.57 Å². The average molecular weight is 264 g/mol. The molecule has 1 aliphatic heterocycles. The number of rotatable bonds is 6. The molecular formula is C17H32N2. The van der Waals surface area contributed by atoms with Crippen LogP contribution in [0.5, 0.6) is 0 Å². The largest absolute Gasteiger partial charge is 0.309 e. The predicted molar refractivity (Wildman–Crippen MR) is 83.5 cm³/mol. The Bertz CT molecular complexity index is 304. The summed E-state index contributed by atoms with van der Waals surface area (Å²) in [4.78, 5) is 2.75. The fraction of sp³-hybridized carbons (Fsp3) is 0.882. The van der Waals surface area contributed by atoms with Crippen molar-refractivity contribution in [2.75, 3.05) is 19.6 Å². The smallest absolute Gasteiger partial charge is 0.0463 e. The van der Waals surface area contributed by atoms with Crippen molar-refractivity contribution in [3.63, 3.8) is 0 Å². The summed E-state index contributed by atoms with van der Waals surface area (Å²) < 4.78 is 0. The standard InChI is InChI=1S/C17H32N2/c1-4-17(3,19-13-9-10-14-19)16(18-5-2)15-11-7-6-8-12-15/h11,16,18H,4-10,12-14H2,1-3H3. The zero-order chi connectivity index (χ0) is 13.7. The van der Waals surface area contributed by atoms with Gasteiger partial charge in [0.25, 0.3) is 0 Å². The Morgan fingerprint density at radius 3 is 2.47 bits per heavy atom. The van der Waals surface area contributed by atoms with Crippen molar-refractivity contribution in [1.82, 2.24) is 10.2 Å². The molecule has 0 bridgehead atoms. The van der Waals surface area contributed by atoms with E-state index in [4.69, 9.17) is 0 Å². The van der Waals surface area contributed by atoms with Crippen LogP contribution in [0.3, 0.4) is 0 Å². The zero-order valence-electron chi connectivity index (χ0n) is 13.2. The van der Waals surface area contributed by atoms with E-state index in [1.165, 1.54) is 58.0 Å². The lowest BCUT2D eigenvalue weighted by Crippen LogP contribution is -2.59. The Balaban J connectivity index is 2.20. The van der Waals surface area contributed by atoms with E-state index in [0.29, 0.717) is 11.6 Å². The summed E-state index contributed by atoms with van der Waals surface area (Å²) in [5.74, 6) is 0. The van der Waals surface area contributed by atoms with Crippen LogP contribution in [0.25, 0.3) is 0 Å². The van der Waals surface area contributed by atoms with Crippen LogP contribution < -0.4 is 5.32 Å². The highest BCUT2D eigenvalue weighted by Gasteiger charge is 2.40. The Labute approximate surface area is 119 Å². The molecule has 2 heteroatoms. The molecule has 0 amide bonds. The summed E-state index contributed by atoms with van der Waals surface area (Å²) in [5, 5.41) is 3.81. The topological polar surface area (TPSA) is 15.3 Å². The number of nitrogens with one attached hydrogen (secondary N) is 1. The van der Waals surface area contributed by atoms with Crippen LogP contribution in [-0.2, 0) is 0 Å². The number of hydrogen-bond acceptors (Lipinski definition) is 2. The maximum Gasteiger partial charge on any atom is 0.0463 e. The van der Waals surface area contributed by atoms with Gasteiger partial charge in [-0.3, -0.25) is 4.90 Å². The van der Waals surface area contributed by atoms with Crippen LogP contribution in [0.4, 0.5) is 0 Å². The van der Waals surface area contributed by atoms with Crippen LogP contribution in [0.2, 0.25) is 0 Å². The number of hydrogen-bond donors (Lipinski definition) is 1. The Morgan fingerprint density at radius 2 is 1.95 bits per heavy atom. The molecule has 2 unspecified atom stereocenters. The van der Waals surface area contributed by atoms with Gasteiger partial charge >= 0.3 is 0 Å². The first-order valence-corrected chi connectivity index (χ1v) is 8.39. The highest BCUT2D eigenvalue weighted by Crippen LogP contribution is 2.34. The summed E-state index contributed by atoms with van der Waals surface area (Å²) in [7, 11) is 0. The molecule has 1 aliphatic carbocycles. The van der Waals surface area contributed by atoms with Crippen molar-refractivity contribution in [3.05, 3.63) is 11.6 Å². The molecule has 19 heavy (non-hydrogen) atoms. The fourth-order valence-corrected chi connectivity index (χ4v) is 3.92. The Hall–Kier alpha value is -0.340. The van der Waals surface area contributed by atoms with Gasteiger partial charge < -0.3 is 5.32 Å². The number of likely N-dealkylation sites (tertiary alicyclic amines) is 1. The van der Waals surface area contributed by atoms with Crippen molar-refractivity contribution in [2.45, 2.75) is 77.3 Å². The van der Waals surface area contributed by atoms with Gasteiger partial charge in [-0.15, -0.1) is 0 Å². The molecule has 2 aliphatic rings. The lowest BCUT2D eigenvalue weighted by atomic mass is 9.79. The summed E-state index contributed by atoms with van der Waals surface area (Å²) in [5.41, 5.74) is 1.99. The second-order valence-electron chi connectivity index (χ2n) is 6.42. The molecule has 2 nitrogen and oxygen atoms in total. The van der Waals surface area contributed by atoms with Crippen molar-refractivity contribution >= 4 is 0 Å². The van der Waals surface area contributed by atoms with Crippen LogP contribution in [0.1, 0.15) is 65.7 Å². The van der Waals surface area contributed by atoms with Crippen LogP contribution in [0.15, 0.2) is 11.6 Å². The first kappa shape index (κ1) is 15.1. The summed E-state index contributed by atoms with van der Waals surface area (Å²) in [6, 6.07) is 0.556. The maximum absolute atomic E-state index is 3.81. The second kappa shape index (κ2) is 6.90. The van der Waals surface area contributed by atoms with Gasteiger partial charge in [0.2, 0.25) is 0 Å². The van der Waals surface area contributed by atoms with Crippen molar-refractivity contribution in [3.8, 4) is 0 Å². The van der Waals surface area contributed by atoms with Crippen LogP contribution in [-0.4, -0.2) is 36.1 Å². The third kappa shape index (κ3) is 3.22. The fourth-order valence-electron chi connectivity index (χ4n) is 3.92. The molecule has 110 valence electrons. The van der Waals surface area contributed by atoms with Gasteiger partial charge in [-0.05, 0) is 71.5 Å². The van der Waals surface area contributed by atoms with Gasteiger partial charge in [-0.25, -0.2) is 0 Å². The van der Waals surface area contributed by atoms with Gasteiger partial charge in [0, 0.05) is 11.6 Å². The van der Waals surface area contributed by atoms with Crippen LogP contribution in [0, 0.1) is 0 Å². The molecule has 1 heterocycles. The number of nitrogens with zero attached hydrogens (tertiary/aromatic N) is 1. The molecule has 1 fully saturated rings. The molecular weight excluding hydrogens is 232 g/mol. The van der Waals surface area contributed by atoms with Gasteiger partial charge in [-0.2, -0.15) is 0 Å². The molecule has 0 aromatic carbocycles. The van der Waals surface area contributed by atoms with Crippen molar-refractivity contribution < 1.29 is 0 Å². The highest BCUT2D eigenvalue weighted by molar-refractivity contribution is 5.20. The molecule has 2 atom stereocenters. The first-order valence-electron chi connectivity index (χ1n) is 8.39. The lowest BCUT2D eigenvalue weighted by Gasteiger charge is -2.46. The lowest BCUT2D eigenvalue weighted by molar-refractivity contribution is 0.0963. The first-order chi connectivity index (χ1) is 9.22. The monoisotopic (exact) mass is 264 g/mol. The summed E-state index contributed by atoms with van der Waals surface area (Å²) in [6.45, 7) is 10.8. The van der Waals surface area contributed by atoms with E-state index in [2.05, 4.69) is 37.1 Å². The van der Waals surface area contributed by atoms with Crippen LogP contribution >= 0.6 is 0 Å². The van der Waals surface area contributed by atoms with E-state index >= 15 is 0 Å². The quantitative estimate of drug-likeness (QED) is 0.735. The number of allylic oxidation sites excluding steroid dienone is 1. The molecule has 0 aromatic heterocycles. The summed E-state index contributed by atoms with van der Waals surface area (Å²) in [6.07, 6.45) is 11.9. The molecule has 0 radical (unpaired) electrons. The molecule has 1 N–H and O–H groups in total. The molecule has 2 rings (SSSR count). The van der Waals surface area contributed by atoms with E-state index in [9.17, 15) is 0 Å². The van der Waals surface area contributed by atoms with E-state index in [-0.39, 0.29) is 0 Å². The maximum atomic E-state index is 3.81. The molecule has 0 spiro atoms. The van der Waals surface area contributed by atoms with Crippen molar-refractivity contribution in [1.29, 1.82) is 0 Å². The van der Waals surface area contributed by atoms with Crippen molar-refractivity contribution in [2.24, 2.45) is 0 Å².